The summed E-state index contributed by atoms with van der Waals surface area (Å²) in [5, 5.41) is 11.3. The maximum absolute atomic E-state index is 12.7. The number of amides is 4. The van der Waals surface area contributed by atoms with Gasteiger partial charge in [-0.25, -0.2) is 0 Å². The number of rotatable bonds is 11. The molecule has 0 saturated carbocycles. The van der Waals surface area contributed by atoms with Gasteiger partial charge in [-0.2, -0.15) is 0 Å². The minimum absolute atomic E-state index is 0.220. The second-order valence-electron chi connectivity index (χ2n) is 9.37. The van der Waals surface area contributed by atoms with Crippen LogP contribution in [0.4, 0.5) is 0 Å². The largest absolute Gasteiger partial charge is 0.352 e. The molecule has 0 aromatic heterocycles. The van der Waals surface area contributed by atoms with Crippen LogP contribution in [-0.4, -0.2) is 30.2 Å². The molecule has 0 heterocycles. The average Bonchev–Trinajstić information content (AvgIpc) is 3.02. The standard InChI is InChI=1S/C33H32N4O4/c1-2-34-30(38)26-10-6-11-27(18-26)32(40)36-21-24-14-16-25(17-15-24)22-37-33(41)29-13-7-12-28(19-29)31(39)35-20-23-8-4-3-5-9-23/h3-19H,2,20-22H2,1H3,(H,34,38)(H,35,39)(H,36,40)(H,37,41). The van der Waals surface area contributed by atoms with Crippen molar-refractivity contribution >= 4 is 23.6 Å². The van der Waals surface area contributed by atoms with E-state index < -0.39 is 0 Å². The van der Waals surface area contributed by atoms with E-state index in [1.807, 2.05) is 61.5 Å². The number of hydrogen-bond acceptors (Lipinski definition) is 4. The second-order valence-corrected chi connectivity index (χ2v) is 9.37. The third kappa shape index (κ3) is 8.37. The van der Waals surface area contributed by atoms with E-state index in [4.69, 9.17) is 0 Å². The Kier molecular flexibility index (Phi) is 9.98. The number of hydrogen-bond donors (Lipinski definition) is 4. The molecule has 4 amide bonds. The molecule has 4 aromatic rings. The highest BCUT2D eigenvalue weighted by molar-refractivity contribution is 6.00. The smallest absolute Gasteiger partial charge is 0.251 e. The molecule has 0 fully saturated rings. The molecule has 0 unspecified atom stereocenters. The van der Waals surface area contributed by atoms with E-state index in [0.717, 1.165) is 16.7 Å². The third-order valence-electron chi connectivity index (χ3n) is 6.34. The molecule has 0 saturated heterocycles. The summed E-state index contributed by atoms with van der Waals surface area (Å²) in [5.41, 5.74) is 4.42. The summed E-state index contributed by atoms with van der Waals surface area (Å²) in [5.74, 6) is -1.03. The van der Waals surface area contributed by atoms with Crippen LogP contribution >= 0.6 is 0 Å². The SMILES string of the molecule is CCNC(=O)c1cccc(C(=O)NCc2ccc(CNC(=O)c3cccc(C(=O)NCc4ccccc4)c3)cc2)c1. The predicted molar refractivity (Wildman–Crippen MR) is 157 cm³/mol. The molecule has 0 radical (unpaired) electrons. The first-order valence-corrected chi connectivity index (χ1v) is 13.4. The van der Waals surface area contributed by atoms with Crippen molar-refractivity contribution in [2.45, 2.75) is 26.6 Å². The zero-order valence-electron chi connectivity index (χ0n) is 22.8. The van der Waals surface area contributed by atoms with Crippen LogP contribution in [0.5, 0.6) is 0 Å². The molecule has 4 aromatic carbocycles. The van der Waals surface area contributed by atoms with Gasteiger partial charge in [-0.3, -0.25) is 19.2 Å². The van der Waals surface area contributed by atoms with E-state index in [0.29, 0.717) is 48.4 Å². The lowest BCUT2D eigenvalue weighted by atomic mass is 10.1. The van der Waals surface area contributed by atoms with Gasteiger partial charge in [0, 0.05) is 48.4 Å². The average molecular weight is 549 g/mol. The molecule has 208 valence electrons. The van der Waals surface area contributed by atoms with Crippen LogP contribution in [-0.2, 0) is 19.6 Å². The maximum atomic E-state index is 12.7. The second kappa shape index (κ2) is 14.2. The lowest BCUT2D eigenvalue weighted by molar-refractivity contribution is 0.0936. The first kappa shape index (κ1) is 28.8. The van der Waals surface area contributed by atoms with Gasteiger partial charge in [0.1, 0.15) is 0 Å². The van der Waals surface area contributed by atoms with E-state index in [9.17, 15) is 19.2 Å². The molecule has 8 nitrogen and oxygen atoms in total. The molecule has 41 heavy (non-hydrogen) atoms. The van der Waals surface area contributed by atoms with Crippen molar-refractivity contribution in [3.63, 3.8) is 0 Å². The van der Waals surface area contributed by atoms with E-state index in [1.54, 1.807) is 48.5 Å². The van der Waals surface area contributed by atoms with Crippen molar-refractivity contribution in [3.8, 4) is 0 Å². The number of carbonyl (C=O) groups is 4. The van der Waals surface area contributed by atoms with Gasteiger partial charge in [0.15, 0.2) is 0 Å². The quantitative estimate of drug-likeness (QED) is 0.225. The summed E-state index contributed by atoms with van der Waals surface area (Å²) in [6, 6.07) is 30.3. The van der Waals surface area contributed by atoms with E-state index in [-0.39, 0.29) is 23.6 Å². The summed E-state index contributed by atoms with van der Waals surface area (Å²) in [4.78, 5) is 49.9. The fraction of sp³-hybridized carbons (Fsp3) is 0.152. The van der Waals surface area contributed by atoms with Gasteiger partial charge in [-0.05, 0) is 60.0 Å². The van der Waals surface area contributed by atoms with E-state index >= 15 is 0 Å². The van der Waals surface area contributed by atoms with Crippen molar-refractivity contribution in [3.05, 3.63) is 142 Å². The van der Waals surface area contributed by atoms with E-state index in [2.05, 4.69) is 21.3 Å². The summed E-state index contributed by atoms with van der Waals surface area (Å²) in [6.45, 7) is 3.37. The highest BCUT2D eigenvalue weighted by atomic mass is 16.2. The Bertz CT molecular complexity index is 1520. The number of carbonyl (C=O) groups excluding carboxylic acids is 4. The van der Waals surface area contributed by atoms with Gasteiger partial charge >= 0.3 is 0 Å². The van der Waals surface area contributed by atoms with Crippen molar-refractivity contribution < 1.29 is 19.2 Å². The van der Waals surface area contributed by atoms with Crippen molar-refractivity contribution in [2.75, 3.05) is 6.54 Å². The zero-order valence-corrected chi connectivity index (χ0v) is 22.8. The summed E-state index contributed by atoms with van der Waals surface area (Å²) >= 11 is 0. The molecule has 4 N–H and O–H groups in total. The zero-order chi connectivity index (χ0) is 29.0. The number of nitrogens with one attached hydrogen (secondary N) is 4. The Labute approximate surface area is 239 Å². The van der Waals surface area contributed by atoms with Crippen molar-refractivity contribution in [1.29, 1.82) is 0 Å². The summed E-state index contributed by atoms with van der Waals surface area (Å²) in [7, 11) is 0. The Morgan fingerprint density at radius 2 is 0.780 bits per heavy atom. The molecular formula is C33H32N4O4. The summed E-state index contributed by atoms with van der Waals surface area (Å²) in [6.07, 6.45) is 0. The molecule has 0 aliphatic carbocycles. The molecule has 0 spiro atoms. The topological polar surface area (TPSA) is 116 Å². The minimum atomic E-state index is -0.283. The number of benzene rings is 4. The Balaban J connectivity index is 1.26. The van der Waals surface area contributed by atoms with Crippen molar-refractivity contribution in [1.82, 2.24) is 21.3 Å². The van der Waals surface area contributed by atoms with Gasteiger partial charge in [0.25, 0.3) is 23.6 Å². The third-order valence-corrected chi connectivity index (χ3v) is 6.34. The van der Waals surface area contributed by atoms with Gasteiger partial charge in [-0.15, -0.1) is 0 Å². The van der Waals surface area contributed by atoms with Gasteiger partial charge in [0.05, 0.1) is 0 Å². The van der Waals surface area contributed by atoms with Gasteiger partial charge in [-0.1, -0.05) is 66.7 Å². The van der Waals surface area contributed by atoms with Crippen LogP contribution in [0, 0.1) is 0 Å². The minimum Gasteiger partial charge on any atom is -0.352 e. The van der Waals surface area contributed by atoms with Gasteiger partial charge in [0.2, 0.25) is 0 Å². The Morgan fingerprint density at radius 3 is 1.15 bits per heavy atom. The monoisotopic (exact) mass is 548 g/mol. The molecule has 8 heteroatoms. The molecule has 0 aliphatic heterocycles. The van der Waals surface area contributed by atoms with Crippen LogP contribution in [0.15, 0.2) is 103 Å². The first-order valence-electron chi connectivity index (χ1n) is 13.4. The Morgan fingerprint density at radius 1 is 0.439 bits per heavy atom. The highest BCUT2D eigenvalue weighted by Crippen LogP contribution is 2.10. The fourth-order valence-corrected chi connectivity index (χ4v) is 4.09. The van der Waals surface area contributed by atoms with Crippen LogP contribution in [0.3, 0.4) is 0 Å². The maximum Gasteiger partial charge on any atom is 0.251 e. The fourth-order valence-electron chi connectivity index (χ4n) is 4.09. The molecule has 4 rings (SSSR count). The van der Waals surface area contributed by atoms with Crippen LogP contribution in [0.25, 0.3) is 0 Å². The molecular weight excluding hydrogens is 516 g/mol. The molecule has 0 bridgehead atoms. The predicted octanol–water partition coefficient (Wildman–Crippen LogP) is 4.23. The van der Waals surface area contributed by atoms with Gasteiger partial charge < -0.3 is 21.3 Å². The van der Waals surface area contributed by atoms with Crippen molar-refractivity contribution in [2.24, 2.45) is 0 Å². The Hall–Kier alpha value is -5.24. The molecule has 0 aliphatic rings. The van der Waals surface area contributed by atoms with Crippen LogP contribution in [0.2, 0.25) is 0 Å². The van der Waals surface area contributed by atoms with Crippen LogP contribution in [0.1, 0.15) is 65.0 Å². The lowest BCUT2D eigenvalue weighted by Crippen LogP contribution is -2.25. The normalized spacial score (nSPS) is 10.4. The summed E-state index contributed by atoms with van der Waals surface area (Å²) < 4.78 is 0. The molecule has 0 atom stereocenters. The highest BCUT2D eigenvalue weighted by Gasteiger charge is 2.12. The van der Waals surface area contributed by atoms with Crippen LogP contribution < -0.4 is 21.3 Å². The lowest BCUT2D eigenvalue weighted by Gasteiger charge is -2.10. The first-order chi connectivity index (χ1) is 19.9. The van der Waals surface area contributed by atoms with E-state index in [1.165, 1.54) is 0 Å².